The van der Waals surface area contributed by atoms with Crippen molar-refractivity contribution in [2.24, 2.45) is 25.0 Å². The zero-order valence-corrected chi connectivity index (χ0v) is 22.3. The van der Waals surface area contributed by atoms with E-state index < -0.39 is 0 Å². The van der Waals surface area contributed by atoms with Crippen molar-refractivity contribution in [2.45, 2.75) is 6.17 Å². The van der Waals surface area contributed by atoms with Gasteiger partial charge in [-0.15, -0.1) is 29.0 Å². The minimum atomic E-state index is -0.330. The first-order valence-electron chi connectivity index (χ1n) is 13.2. The van der Waals surface area contributed by atoms with Crippen LogP contribution in [0.2, 0.25) is 0 Å². The van der Waals surface area contributed by atoms with Gasteiger partial charge < -0.3 is 15.3 Å². The predicted molar refractivity (Wildman–Crippen MR) is 158 cm³/mol. The molecule has 1 N–H and O–H groups in total. The minimum Gasteiger partial charge on any atom is -0.416 e. The van der Waals surface area contributed by atoms with Gasteiger partial charge in [0.05, 0.1) is 5.84 Å². The Morgan fingerprint density at radius 1 is 0.561 bits per heavy atom. The molecule has 7 nitrogen and oxygen atoms in total. The molecule has 1 aromatic heterocycles. The van der Waals surface area contributed by atoms with Crippen molar-refractivity contribution in [3.63, 3.8) is 0 Å². The molecule has 9 rings (SSSR count). The molecule has 0 amide bonds. The molecular formula is C33H19CuN7. The van der Waals surface area contributed by atoms with Gasteiger partial charge in [0.1, 0.15) is 6.17 Å². The normalized spacial score (nSPS) is 17.7. The fourth-order valence-electron chi connectivity index (χ4n) is 5.83. The minimum absolute atomic E-state index is 0. The fourth-order valence-corrected chi connectivity index (χ4v) is 5.83. The molecule has 3 aliphatic rings. The first-order valence-corrected chi connectivity index (χ1v) is 13.2. The van der Waals surface area contributed by atoms with Crippen LogP contribution in [0.15, 0.2) is 128 Å². The number of rotatable bonds is 0. The predicted octanol–water partition coefficient (Wildman–Crippen LogP) is 5.33. The number of hydrogen-bond donors (Lipinski definition) is 1. The van der Waals surface area contributed by atoms with Crippen LogP contribution in [0.1, 0.15) is 28.4 Å². The molecule has 6 aromatic rings. The molecule has 4 heterocycles. The van der Waals surface area contributed by atoms with Gasteiger partial charge in [-0.3, -0.25) is 15.0 Å². The van der Waals surface area contributed by atoms with Gasteiger partial charge in [0.2, 0.25) is 0 Å². The summed E-state index contributed by atoms with van der Waals surface area (Å²) >= 11 is 0. The molecule has 0 spiro atoms. The van der Waals surface area contributed by atoms with E-state index >= 15 is 0 Å². The number of anilines is 1. The number of hydrogen-bond acceptors (Lipinski definition) is 6. The summed E-state index contributed by atoms with van der Waals surface area (Å²) in [6, 6.07) is 34.7. The zero-order chi connectivity index (χ0) is 26.2. The molecule has 197 valence electrons. The summed E-state index contributed by atoms with van der Waals surface area (Å²) in [5.41, 5.74) is 3.94. The molecule has 5 aromatic carbocycles. The number of nitrogens with one attached hydrogen (secondary N) is 1. The van der Waals surface area contributed by atoms with Gasteiger partial charge in [-0.2, -0.15) is 0 Å². The van der Waals surface area contributed by atoms with Gasteiger partial charge in [-0.05, 0) is 27.1 Å². The number of aliphatic imine (C=N–C) groups is 3. The second-order valence-electron chi connectivity index (χ2n) is 10.0. The molecule has 1 atom stereocenters. The van der Waals surface area contributed by atoms with Crippen molar-refractivity contribution >= 4 is 50.7 Å². The Morgan fingerprint density at radius 3 is 1.85 bits per heavy atom. The average molecular weight is 577 g/mol. The maximum atomic E-state index is 5.10. The van der Waals surface area contributed by atoms with Gasteiger partial charge in [0, 0.05) is 28.3 Å². The Labute approximate surface area is 244 Å². The number of amidine groups is 3. The standard InChI is InChI=1S/C33H19N7.Cu/c1-2-10-19-18(9-1)26-17-27(19)35-29-21-12-4-6-14-23(21)31(37-29)39-33-25-16-8-7-15-24(25)32(40-33)38-30-22-13-5-3-11-20(22)28(34-26)36-30;/h1-17,30,38H;/q-2;+2/b34-26?,35-27?,39-31-;. The molecule has 0 fully saturated rings. The Hall–Kier alpha value is -5.04. The average Bonchev–Trinajstić information content (AvgIpc) is 3.73. The van der Waals surface area contributed by atoms with Crippen LogP contribution in [0.25, 0.3) is 21.5 Å². The molecular weight excluding hydrogens is 558 g/mol. The molecule has 8 heteroatoms. The summed E-state index contributed by atoms with van der Waals surface area (Å²) in [5, 5.41) is 9.21. The molecule has 0 aliphatic carbocycles. The Balaban J connectivity index is 0.00000256. The molecule has 8 bridgehead atoms. The monoisotopic (exact) mass is 576 g/mol. The third kappa shape index (κ3) is 3.58. The van der Waals surface area contributed by atoms with E-state index in [1.807, 2.05) is 72.8 Å². The Morgan fingerprint density at radius 2 is 1.12 bits per heavy atom. The summed E-state index contributed by atoms with van der Waals surface area (Å²) in [6.45, 7) is 0. The van der Waals surface area contributed by atoms with Gasteiger partial charge >= 0.3 is 17.1 Å². The molecule has 41 heavy (non-hydrogen) atoms. The van der Waals surface area contributed by atoms with E-state index in [0.29, 0.717) is 23.3 Å². The SMILES string of the molecule is [Cu+2].c1ccc2c(c1)C1=N/C2=N\c2[n-]c(c3ccccc23)NC2N=C(N=c3[cH-]c(c4ccccc34)=N1)c1ccccc12. The number of fused-ring (bicyclic) bond motifs is 18. The van der Waals surface area contributed by atoms with E-state index in [1.54, 1.807) is 0 Å². The number of aromatic nitrogens is 1. The van der Waals surface area contributed by atoms with Gasteiger partial charge in [-0.1, -0.05) is 84.9 Å². The summed E-state index contributed by atoms with van der Waals surface area (Å²) in [5.74, 6) is 3.25. The van der Waals surface area contributed by atoms with Crippen molar-refractivity contribution in [2.75, 3.05) is 5.32 Å². The maximum Gasteiger partial charge on any atom is 2.00 e. The summed E-state index contributed by atoms with van der Waals surface area (Å²) in [4.78, 5) is 30.1. The van der Waals surface area contributed by atoms with Crippen LogP contribution < -0.4 is 21.0 Å². The Bertz CT molecular complexity index is 2270. The van der Waals surface area contributed by atoms with Crippen molar-refractivity contribution in [1.82, 2.24) is 4.98 Å². The first kappa shape index (κ1) is 23.8. The van der Waals surface area contributed by atoms with Crippen molar-refractivity contribution in [3.05, 3.63) is 136 Å². The molecule has 1 unspecified atom stereocenters. The smallest absolute Gasteiger partial charge is 0.416 e. The van der Waals surface area contributed by atoms with E-state index in [2.05, 4.69) is 35.6 Å². The molecule has 3 aliphatic heterocycles. The second kappa shape index (κ2) is 8.99. The van der Waals surface area contributed by atoms with E-state index in [4.69, 9.17) is 29.9 Å². The van der Waals surface area contributed by atoms with E-state index in [1.165, 1.54) is 0 Å². The van der Waals surface area contributed by atoms with Gasteiger partial charge in [0.25, 0.3) is 0 Å². The van der Waals surface area contributed by atoms with Crippen LogP contribution in [0, 0.1) is 0 Å². The number of benzene rings is 4. The van der Waals surface area contributed by atoms with E-state index in [0.717, 1.165) is 60.3 Å². The Kier molecular flexibility index (Phi) is 5.22. The van der Waals surface area contributed by atoms with Crippen LogP contribution >= 0.6 is 0 Å². The quantitative estimate of drug-likeness (QED) is 0.196. The fraction of sp³-hybridized carbons (Fsp3) is 0.0303. The van der Waals surface area contributed by atoms with Crippen LogP contribution in [0.3, 0.4) is 0 Å². The van der Waals surface area contributed by atoms with Crippen molar-refractivity contribution in [1.29, 1.82) is 0 Å². The van der Waals surface area contributed by atoms with Crippen molar-refractivity contribution in [3.8, 4) is 0 Å². The number of nitrogens with zero attached hydrogens (tertiary/aromatic N) is 6. The first-order chi connectivity index (χ1) is 19.8. The van der Waals surface area contributed by atoms with E-state index in [-0.39, 0.29) is 23.2 Å². The maximum absolute atomic E-state index is 5.10. The van der Waals surface area contributed by atoms with Crippen LogP contribution in [-0.2, 0) is 17.1 Å². The van der Waals surface area contributed by atoms with E-state index in [9.17, 15) is 0 Å². The van der Waals surface area contributed by atoms with Crippen LogP contribution in [-0.4, -0.2) is 17.5 Å². The third-order valence-corrected chi connectivity index (χ3v) is 7.70. The molecule has 1 radical (unpaired) electrons. The molecule has 0 saturated carbocycles. The third-order valence-electron chi connectivity index (χ3n) is 7.70. The topological polar surface area (TPSA) is 87.9 Å². The molecule has 0 saturated heterocycles. The van der Waals surface area contributed by atoms with Gasteiger partial charge in [0.15, 0.2) is 11.7 Å². The summed E-state index contributed by atoms with van der Waals surface area (Å²) in [7, 11) is 0. The summed E-state index contributed by atoms with van der Waals surface area (Å²) < 4.78 is 0. The van der Waals surface area contributed by atoms with Crippen molar-refractivity contribution < 1.29 is 17.1 Å². The van der Waals surface area contributed by atoms with Gasteiger partial charge in [-0.25, -0.2) is 4.99 Å². The largest absolute Gasteiger partial charge is 2.00 e. The van der Waals surface area contributed by atoms with Crippen LogP contribution in [0.5, 0.6) is 0 Å². The van der Waals surface area contributed by atoms with Crippen LogP contribution in [0.4, 0.5) is 11.6 Å². The second-order valence-corrected chi connectivity index (χ2v) is 10.0. The summed E-state index contributed by atoms with van der Waals surface area (Å²) in [6.07, 6.45) is -0.330. The zero-order valence-electron chi connectivity index (χ0n) is 21.4.